The van der Waals surface area contributed by atoms with E-state index < -0.39 is 30.5 Å². The van der Waals surface area contributed by atoms with Crippen LogP contribution in [0.1, 0.15) is 24.8 Å². The van der Waals surface area contributed by atoms with E-state index in [2.05, 4.69) is 0 Å². The summed E-state index contributed by atoms with van der Waals surface area (Å²) in [5.41, 5.74) is 2.12. The van der Waals surface area contributed by atoms with Gasteiger partial charge in [-0.15, -0.1) is 0 Å². The Morgan fingerprint density at radius 3 is 2.48 bits per heavy atom. The van der Waals surface area contributed by atoms with E-state index in [-0.39, 0.29) is 12.5 Å². The lowest BCUT2D eigenvalue weighted by Gasteiger charge is -2.43. The minimum atomic E-state index is -1.30. The van der Waals surface area contributed by atoms with Gasteiger partial charge in [-0.3, -0.25) is 0 Å². The quantitative estimate of drug-likeness (QED) is 0.442. The van der Waals surface area contributed by atoms with E-state index in [0.717, 1.165) is 29.7 Å². The van der Waals surface area contributed by atoms with Gasteiger partial charge in [0.15, 0.2) is 0 Å². The normalized spacial score (nSPS) is 32.3. The van der Waals surface area contributed by atoms with Crippen LogP contribution >= 0.6 is 11.6 Å². The fourth-order valence-electron chi connectivity index (χ4n) is 4.35. The molecule has 33 heavy (non-hydrogen) atoms. The smallest absolute Gasteiger partial charge is 0.119 e. The number of ether oxygens (including phenoxy) is 4. The lowest BCUT2D eigenvalue weighted by molar-refractivity contribution is -0.239. The molecule has 0 bridgehead atoms. The van der Waals surface area contributed by atoms with Crippen molar-refractivity contribution in [2.45, 2.75) is 62.3 Å². The minimum Gasteiger partial charge on any atom is -0.491 e. The Morgan fingerprint density at radius 1 is 1.03 bits per heavy atom. The van der Waals surface area contributed by atoms with Crippen molar-refractivity contribution in [2.75, 3.05) is 26.9 Å². The van der Waals surface area contributed by atoms with Gasteiger partial charge >= 0.3 is 0 Å². The van der Waals surface area contributed by atoms with E-state index in [0.29, 0.717) is 37.2 Å². The maximum Gasteiger partial charge on any atom is 0.119 e. The number of methoxy groups -OCH3 is 1. The topological polar surface area (TPSA) is 97.6 Å². The molecule has 3 N–H and O–H groups in total. The van der Waals surface area contributed by atoms with Crippen LogP contribution in [0.5, 0.6) is 5.75 Å². The van der Waals surface area contributed by atoms with Gasteiger partial charge in [0.2, 0.25) is 0 Å². The van der Waals surface area contributed by atoms with Gasteiger partial charge in [0, 0.05) is 18.1 Å². The predicted molar refractivity (Wildman–Crippen MR) is 123 cm³/mol. The van der Waals surface area contributed by atoms with E-state index in [1.54, 1.807) is 0 Å². The summed E-state index contributed by atoms with van der Waals surface area (Å²) in [5, 5.41) is 31.7. The van der Waals surface area contributed by atoms with Crippen LogP contribution in [-0.4, -0.2) is 78.9 Å². The van der Waals surface area contributed by atoms with Crippen molar-refractivity contribution in [3.8, 4) is 5.75 Å². The maximum atomic E-state index is 10.6. The highest BCUT2D eigenvalue weighted by Gasteiger charge is 2.46. The third-order valence-corrected chi connectivity index (χ3v) is 6.78. The summed E-state index contributed by atoms with van der Waals surface area (Å²) in [4.78, 5) is 0. The zero-order valence-electron chi connectivity index (χ0n) is 18.8. The molecule has 1 aromatic carbocycles. The fraction of sp³-hybridized carbons (Fsp3) is 0.600. The number of halogens is 1. The first-order valence-electron chi connectivity index (χ1n) is 11.5. The van der Waals surface area contributed by atoms with Crippen LogP contribution < -0.4 is 4.74 Å². The monoisotopic (exact) mass is 480 g/mol. The maximum absolute atomic E-state index is 10.6. The van der Waals surface area contributed by atoms with Crippen LogP contribution in [0.3, 0.4) is 0 Å². The van der Waals surface area contributed by atoms with Gasteiger partial charge in [-0.2, -0.15) is 0 Å². The number of benzene rings is 1. The van der Waals surface area contributed by atoms with E-state index in [1.807, 2.05) is 36.4 Å². The number of allylic oxidation sites excluding steroid dienone is 3. The molecule has 2 aliphatic carbocycles. The number of aliphatic hydroxyl groups excluding tert-OH is 3. The molecule has 1 saturated carbocycles. The van der Waals surface area contributed by atoms with Gasteiger partial charge in [-0.05, 0) is 55.0 Å². The summed E-state index contributed by atoms with van der Waals surface area (Å²) in [6.07, 6.45) is 2.60. The second-order valence-corrected chi connectivity index (χ2v) is 9.39. The summed E-state index contributed by atoms with van der Waals surface area (Å²) >= 11 is 6.49. The Labute approximate surface area is 199 Å². The molecule has 0 amide bonds. The summed E-state index contributed by atoms with van der Waals surface area (Å²) in [6, 6.07) is 7.92. The number of aliphatic hydroxyl groups is 3. The minimum absolute atomic E-state index is 0.127. The molecule has 0 spiro atoms. The molecule has 1 heterocycles. The summed E-state index contributed by atoms with van der Waals surface area (Å²) in [5.74, 6) is 0.614. The summed E-state index contributed by atoms with van der Waals surface area (Å²) in [6.45, 7) is 1.27. The van der Waals surface area contributed by atoms with Crippen LogP contribution in [0.2, 0.25) is 0 Å². The zero-order valence-corrected chi connectivity index (χ0v) is 19.6. The number of hydrogen-bond donors (Lipinski definition) is 3. The molecular formula is C25H33ClO7. The van der Waals surface area contributed by atoms with Crippen LogP contribution in [0.15, 0.2) is 47.0 Å². The highest BCUT2D eigenvalue weighted by Crippen LogP contribution is 2.36. The van der Waals surface area contributed by atoms with Crippen molar-refractivity contribution in [2.24, 2.45) is 5.92 Å². The van der Waals surface area contributed by atoms with Crippen molar-refractivity contribution >= 4 is 11.6 Å². The molecule has 1 aromatic rings. The molecule has 1 saturated heterocycles. The number of rotatable bonds is 10. The van der Waals surface area contributed by atoms with Crippen molar-refractivity contribution in [3.63, 3.8) is 0 Å². The molecule has 3 aliphatic rings. The number of hydrogen-bond acceptors (Lipinski definition) is 7. The molecule has 182 valence electrons. The fourth-order valence-corrected chi connectivity index (χ4v) is 4.57. The molecule has 0 aromatic heterocycles. The first-order chi connectivity index (χ1) is 16.0. The average molecular weight is 481 g/mol. The molecule has 6 atom stereocenters. The lowest BCUT2D eigenvalue weighted by atomic mass is 9.81. The van der Waals surface area contributed by atoms with Crippen molar-refractivity contribution < 1.29 is 34.3 Å². The molecular weight excluding hydrogens is 448 g/mol. The van der Waals surface area contributed by atoms with Crippen LogP contribution in [-0.2, 0) is 20.6 Å². The predicted octanol–water partition coefficient (Wildman–Crippen LogP) is 2.35. The summed E-state index contributed by atoms with van der Waals surface area (Å²) in [7, 11) is 1.50. The standard InChI is InChI=1S/C25H33ClO7/c1-30-14-21-22(27)23(28)24(29)25(33-21)16-4-9-20(26)17(13-16)12-15-2-5-18(6-3-15)31-10-11-32-19-7-8-19/h2-6,9,16,19,21-25,27-29H,7-8,10-14H2,1H3. The third-order valence-electron chi connectivity index (χ3n) is 6.38. The largest absolute Gasteiger partial charge is 0.491 e. The van der Waals surface area contributed by atoms with E-state index in [9.17, 15) is 15.3 Å². The van der Waals surface area contributed by atoms with E-state index in [4.69, 9.17) is 30.5 Å². The molecule has 7 nitrogen and oxygen atoms in total. The van der Waals surface area contributed by atoms with Crippen LogP contribution in [0.25, 0.3) is 0 Å². The molecule has 1 aliphatic heterocycles. The van der Waals surface area contributed by atoms with Crippen LogP contribution in [0, 0.1) is 5.92 Å². The highest BCUT2D eigenvalue weighted by molar-refractivity contribution is 6.31. The summed E-state index contributed by atoms with van der Waals surface area (Å²) < 4.78 is 22.4. The van der Waals surface area contributed by atoms with E-state index in [1.165, 1.54) is 7.11 Å². The molecule has 6 unspecified atom stereocenters. The SMILES string of the molecule is COCC1OC(C2C=CC(Cl)=C(Cc3ccc(OCCOC4CC4)cc3)C2)C(O)C(O)C1O. The lowest BCUT2D eigenvalue weighted by Crippen LogP contribution is -2.60. The molecule has 2 fully saturated rings. The van der Waals surface area contributed by atoms with Gasteiger partial charge in [-0.1, -0.05) is 29.8 Å². The van der Waals surface area contributed by atoms with Gasteiger partial charge in [0.1, 0.15) is 36.8 Å². The van der Waals surface area contributed by atoms with Crippen molar-refractivity contribution in [3.05, 3.63) is 52.6 Å². The van der Waals surface area contributed by atoms with Gasteiger partial charge < -0.3 is 34.3 Å². The Morgan fingerprint density at radius 2 is 1.79 bits per heavy atom. The first-order valence-corrected chi connectivity index (χ1v) is 11.9. The Hall–Kier alpha value is -1.45. The molecule has 8 heteroatoms. The van der Waals surface area contributed by atoms with E-state index >= 15 is 0 Å². The highest BCUT2D eigenvalue weighted by atomic mass is 35.5. The Balaban J connectivity index is 1.34. The second-order valence-electron chi connectivity index (χ2n) is 8.98. The molecule has 0 radical (unpaired) electrons. The average Bonchev–Trinajstić information content (AvgIpc) is 3.64. The van der Waals surface area contributed by atoms with Crippen molar-refractivity contribution in [1.29, 1.82) is 0 Å². The van der Waals surface area contributed by atoms with Crippen molar-refractivity contribution in [1.82, 2.24) is 0 Å². The first kappa shape index (κ1) is 24.7. The Bertz CT molecular complexity index is 836. The third kappa shape index (κ3) is 6.36. The zero-order chi connectivity index (χ0) is 23.4. The molecule has 4 rings (SSSR count). The van der Waals surface area contributed by atoms with Gasteiger partial charge in [0.05, 0.1) is 25.4 Å². The second kappa shape index (κ2) is 11.3. The Kier molecular flexibility index (Phi) is 8.46. The van der Waals surface area contributed by atoms with Gasteiger partial charge in [-0.25, -0.2) is 0 Å². The van der Waals surface area contributed by atoms with Crippen LogP contribution in [0.4, 0.5) is 0 Å². The van der Waals surface area contributed by atoms with Gasteiger partial charge in [0.25, 0.3) is 0 Å².